The number of aryl methyl sites for hydroxylation is 1. The Labute approximate surface area is 62.1 Å². The molecule has 0 amide bonds. The van der Waals surface area contributed by atoms with Gasteiger partial charge in [0, 0.05) is 7.05 Å². The lowest BCUT2D eigenvalue weighted by Crippen LogP contribution is -2.15. The Balaban J connectivity index is 2.92. The van der Waals surface area contributed by atoms with Gasteiger partial charge in [0.15, 0.2) is 5.82 Å². The van der Waals surface area contributed by atoms with Gasteiger partial charge in [-0.3, -0.25) is 4.68 Å². The molecule has 60 valence electrons. The molecule has 0 aromatic carbocycles. The number of nitrogens with zero attached hydrogens (tertiary/aromatic N) is 3. The van der Waals surface area contributed by atoms with E-state index >= 15 is 0 Å². The highest BCUT2D eigenvalue weighted by Gasteiger charge is 2.20. The van der Waals surface area contributed by atoms with Gasteiger partial charge >= 0.3 is 5.97 Å². The number of carbonyl (C=O) groups is 1. The van der Waals surface area contributed by atoms with Crippen molar-refractivity contribution in [1.29, 1.82) is 0 Å². The van der Waals surface area contributed by atoms with Crippen molar-refractivity contribution in [2.45, 2.75) is 6.10 Å². The lowest BCUT2D eigenvalue weighted by Gasteiger charge is -2.02. The minimum atomic E-state index is -1.59. The first-order valence-electron chi connectivity index (χ1n) is 2.87. The summed E-state index contributed by atoms with van der Waals surface area (Å²) in [7, 11) is 1.51. The summed E-state index contributed by atoms with van der Waals surface area (Å²) < 4.78 is 1.21. The molecule has 1 rings (SSSR count). The summed E-state index contributed by atoms with van der Waals surface area (Å²) in [5, 5.41) is 20.9. The van der Waals surface area contributed by atoms with Crippen LogP contribution in [0.1, 0.15) is 11.9 Å². The number of carboxylic acid groups (broad SMARTS) is 1. The average molecular weight is 157 g/mol. The Bertz CT molecular complexity index is 270. The third-order valence-corrected chi connectivity index (χ3v) is 1.22. The van der Waals surface area contributed by atoms with E-state index in [1.54, 1.807) is 0 Å². The Kier molecular flexibility index (Phi) is 1.86. The molecule has 0 radical (unpaired) electrons. The molecular formula is C5H7N3O3. The van der Waals surface area contributed by atoms with E-state index in [0.717, 1.165) is 0 Å². The molecule has 0 spiro atoms. The van der Waals surface area contributed by atoms with Crippen molar-refractivity contribution in [3.8, 4) is 0 Å². The van der Waals surface area contributed by atoms with Crippen molar-refractivity contribution in [3.05, 3.63) is 12.2 Å². The maximum absolute atomic E-state index is 10.2. The van der Waals surface area contributed by atoms with Crippen molar-refractivity contribution < 1.29 is 15.0 Å². The molecule has 0 saturated heterocycles. The number of aliphatic hydroxyl groups is 1. The molecule has 0 aliphatic rings. The van der Waals surface area contributed by atoms with E-state index in [9.17, 15) is 4.79 Å². The minimum absolute atomic E-state index is 0.0255. The molecule has 1 aromatic heterocycles. The van der Waals surface area contributed by atoms with Crippen LogP contribution >= 0.6 is 0 Å². The fourth-order valence-corrected chi connectivity index (χ4v) is 0.663. The van der Waals surface area contributed by atoms with Gasteiger partial charge in [-0.2, -0.15) is 5.10 Å². The molecule has 6 nitrogen and oxygen atoms in total. The largest absolute Gasteiger partial charge is 0.479 e. The second-order valence-electron chi connectivity index (χ2n) is 1.98. The van der Waals surface area contributed by atoms with Crippen LogP contribution < -0.4 is 0 Å². The lowest BCUT2D eigenvalue weighted by atomic mass is 10.3. The number of hydrogen-bond acceptors (Lipinski definition) is 4. The zero-order valence-electron chi connectivity index (χ0n) is 5.80. The van der Waals surface area contributed by atoms with Gasteiger partial charge in [0.2, 0.25) is 6.10 Å². The Hall–Kier alpha value is -1.43. The lowest BCUT2D eigenvalue weighted by molar-refractivity contribution is -0.147. The first kappa shape index (κ1) is 7.67. The second kappa shape index (κ2) is 2.67. The van der Waals surface area contributed by atoms with Crippen LogP contribution in [0.2, 0.25) is 0 Å². The van der Waals surface area contributed by atoms with Crippen LogP contribution in [0.4, 0.5) is 0 Å². The third-order valence-electron chi connectivity index (χ3n) is 1.22. The molecule has 0 fully saturated rings. The van der Waals surface area contributed by atoms with Gasteiger partial charge < -0.3 is 10.2 Å². The van der Waals surface area contributed by atoms with E-state index in [-0.39, 0.29) is 5.82 Å². The van der Waals surface area contributed by atoms with Gasteiger partial charge in [-0.05, 0) is 0 Å². The number of carboxylic acids is 1. The standard InChI is InChI=1S/C5H7N3O3/c1-8-4(6-2-7-8)3(9)5(10)11/h2-3,9H,1H3,(H,10,11). The molecule has 0 aliphatic carbocycles. The molecule has 0 saturated carbocycles. The molecule has 2 N–H and O–H groups in total. The van der Waals surface area contributed by atoms with E-state index < -0.39 is 12.1 Å². The second-order valence-corrected chi connectivity index (χ2v) is 1.98. The number of rotatable bonds is 2. The predicted molar refractivity (Wildman–Crippen MR) is 33.6 cm³/mol. The van der Waals surface area contributed by atoms with E-state index in [4.69, 9.17) is 10.2 Å². The topological polar surface area (TPSA) is 88.2 Å². The first-order valence-corrected chi connectivity index (χ1v) is 2.87. The van der Waals surface area contributed by atoms with Crippen LogP contribution in [0.25, 0.3) is 0 Å². The van der Waals surface area contributed by atoms with Crippen LogP contribution in [0.5, 0.6) is 0 Å². The highest BCUT2D eigenvalue weighted by atomic mass is 16.4. The summed E-state index contributed by atoms with van der Waals surface area (Å²) in [5.74, 6) is -1.31. The zero-order chi connectivity index (χ0) is 8.43. The molecule has 1 aromatic rings. The van der Waals surface area contributed by atoms with Crippen molar-refractivity contribution in [3.63, 3.8) is 0 Å². The van der Waals surface area contributed by atoms with Gasteiger partial charge in [0.25, 0.3) is 0 Å². The van der Waals surface area contributed by atoms with Gasteiger partial charge in [-0.1, -0.05) is 0 Å². The van der Waals surface area contributed by atoms with E-state index in [2.05, 4.69) is 10.1 Å². The number of aliphatic carboxylic acids is 1. The van der Waals surface area contributed by atoms with Gasteiger partial charge in [-0.25, -0.2) is 9.78 Å². The fourth-order valence-electron chi connectivity index (χ4n) is 0.663. The molecular weight excluding hydrogens is 150 g/mol. The summed E-state index contributed by atoms with van der Waals surface area (Å²) in [5.41, 5.74) is 0. The number of aliphatic hydroxyl groups excluding tert-OH is 1. The van der Waals surface area contributed by atoms with Crippen LogP contribution in [0, 0.1) is 0 Å². The molecule has 1 atom stereocenters. The van der Waals surface area contributed by atoms with E-state index in [1.807, 2.05) is 0 Å². The quantitative estimate of drug-likeness (QED) is 0.570. The number of hydrogen-bond donors (Lipinski definition) is 2. The summed E-state index contributed by atoms with van der Waals surface area (Å²) in [4.78, 5) is 13.8. The van der Waals surface area contributed by atoms with Crippen molar-refractivity contribution >= 4 is 5.97 Å². The van der Waals surface area contributed by atoms with Crippen molar-refractivity contribution in [2.75, 3.05) is 0 Å². The summed E-state index contributed by atoms with van der Waals surface area (Å²) in [6.07, 6.45) is -0.413. The molecule has 1 unspecified atom stereocenters. The van der Waals surface area contributed by atoms with E-state index in [0.29, 0.717) is 0 Å². The van der Waals surface area contributed by atoms with Gasteiger partial charge in [-0.15, -0.1) is 0 Å². The monoisotopic (exact) mass is 157 g/mol. The summed E-state index contributed by atoms with van der Waals surface area (Å²) >= 11 is 0. The Morgan fingerprint density at radius 1 is 1.82 bits per heavy atom. The zero-order valence-corrected chi connectivity index (χ0v) is 5.80. The van der Waals surface area contributed by atoms with E-state index in [1.165, 1.54) is 18.1 Å². The normalized spacial score (nSPS) is 12.9. The minimum Gasteiger partial charge on any atom is -0.479 e. The molecule has 6 heteroatoms. The van der Waals surface area contributed by atoms with Gasteiger partial charge in [0.05, 0.1) is 0 Å². The maximum atomic E-state index is 10.2. The summed E-state index contributed by atoms with van der Waals surface area (Å²) in [6, 6.07) is 0. The van der Waals surface area contributed by atoms with Gasteiger partial charge in [0.1, 0.15) is 6.33 Å². The van der Waals surface area contributed by atoms with Crippen molar-refractivity contribution in [1.82, 2.24) is 14.8 Å². The highest BCUT2D eigenvalue weighted by Crippen LogP contribution is 2.06. The molecule has 0 bridgehead atoms. The predicted octanol–water partition coefficient (Wildman–Crippen LogP) is -1.07. The van der Waals surface area contributed by atoms with Crippen molar-refractivity contribution in [2.24, 2.45) is 7.05 Å². The SMILES string of the molecule is Cn1ncnc1C(O)C(=O)O. The Morgan fingerprint density at radius 3 is 2.82 bits per heavy atom. The fraction of sp³-hybridized carbons (Fsp3) is 0.400. The smallest absolute Gasteiger partial charge is 0.340 e. The molecule has 11 heavy (non-hydrogen) atoms. The number of aromatic nitrogens is 3. The highest BCUT2D eigenvalue weighted by molar-refractivity contribution is 5.72. The Morgan fingerprint density at radius 2 is 2.45 bits per heavy atom. The molecule has 1 heterocycles. The maximum Gasteiger partial charge on any atom is 0.340 e. The van der Waals surface area contributed by atoms with Crippen LogP contribution in [-0.4, -0.2) is 30.9 Å². The van der Waals surface area contributed by atoms with Crippen LogP contribution in [-0.2, 0) is 11.8 Å². The summed E-state index contributed by atoms with van der Waals surface area (Å²) in [6.45, 7) is 0. The van der Waals surface area contributed by atoms with Crippen LogP contribution in [0.3, 0.4) is 0 Å². The third kappa shape index (κ3) is 1.35. The average Bonchev–Trinajstić information content (AvgIpc) is 2.33. The first-order chi connectivity index (χ1) is 5.13. The van der Waals surface area contributed by atoms with Crippen LogP contribution in [0.15, 0.2) is 6.33 Å². The molecule has 0 aliphatic heterocycles.